The van der Waals surface area contributed by atoms with Crippen molar-refractivity contribution in [2.45, 2.75) is 6.42 Å². The van der Waals surface area contributed by atoms with E-state index in [2.05, 4.69) is 21.4 Å². The Hall–Kier alpha value is -1.11. The maximum atomic E-state index is 12.0. The van der Waals surface area contributed by atoms with Crippen LogP contribution in [0.1, 0.15) is 5.56 Å². The van der Waals surface area contributed by atoms with E-state index in [4.69, 9.17) is 9.47 Å². The van der Waals surface area contributed by atoms with E-state index >= 15 is 0 Å². The van der Waals surface area contributed by atoms with Crippen LogP contribution in [0.25, 0.3) is 0 Å². The van der Waals surface area contributed by atoms with Crippen molar-refractivity contribution in [1.82, 2.24) is 10.4 Å². The quantitative estimate of drug-likeness (QED) is 0.906. The van der Waals surface area contributed by atoms with Gasteiger partial charge in [0.05, 0.1) is 26.7 Å². The maximum absolute atomic E-state index is 12.0. The van der Waals surface area contributed by atoms with Gasteiger partial charge in [-0.25, -0.2) is 5.01 Å². The van der Waals surface area contributed by atoms with Crippen LogP contribution in [-0.2, 0) is 16.0 Å². The summed E-state index contributed by atoms with van der Waals surface area (Å²) in [6.45, 7) is 2.75. The molecule has 0 saturated carbocycles. The Balaban J connectivity index is 1.95. The number of carbonyl (C=O) groups excluding carboxylic acids is 1. The zero-order valence-electron chi connectivity index (χ0n) is 10.8. The molecular weight excluding hydrogens is 312 g/mol. The average Bonchev–Trinajstić information content (AvgIpc) is 2.40. The van der Waals surface area contributed by atoms with Crippen molar-refractivity contribution < 1.29 is 14.3 Å². The first kappa shape index (κ1) is 14.3. The Morgan fingerprint density at radius 3 is 2.89 bits per heavy atom. The van der Waals surface area contributed by atoms with Gasteiger partial charge in [-0.2, -0.15) is 0 Å². The Kier molecular flexibility index (Phi) is 5.18. The van der Waals surface area contributed by atoms with Gasteiger partial charge in [0.1, 0.15) is 5.75 Å². The molecule has 1 saturated heterocycles. The van der Waals surface area contributed by atoms with Gasteiger partial charge in [-0.15, -0.1) is 0 Å². The van der Waals surface area contributed by atoms with Gasteiger partial charge in [0, 0.05) is 23.1 Å². The molecule has 1 amide bonds. The highest BCUT2D eigenvalue weighted by molar-refractivity contribution is 9.10. The van der Waals surface area contributed by atoms with Crippen LogP contribution in [0.5, 0.6) is 5.75 Å². The smallest absolute Gasteiger partial charge is 0.238 e. The summed E-state index contributed by atoms with van der Waals surface area (Å²) in [6.07, 6.45) is 0.292. The summed E-state index contributed by atoms with van der Waals surface area (Å²) in [6, 6.07) is 5.64. The van der Waals surface area contributed by atoms with Crippen LogP contribution in [-0.4, -0.2) is 44.3 Å². The fraction of sp³-hybridized carbons (Fsp3) is 0.462. The Bertz CT molecular complexity index is 448. The third-order valence-corrected chi connectivity index (χ3v) is 3.38. The first-order chi connectivity index (χ1) is 9.19. The monoisotopic (exact) mass is 328 g/mol. The first-order valence-electron chi connectivity index (χ1n) is 6.13. The lowest BCUT2D eigenvalue weighted by molar-refractivity contribution is -0.127. The zero-order chi connectivity index (χ0) is 13.7. The van der Waals surface area contributed by atoms with Gasteiger partial charge in [0.25, 0.3) is 0 Å². The van der Waals surface area contributed by atoms with E-state index in [0.717, 1.165) is 28.9 Å². The Morgan fingerprint density at radius 1 is 1.47 bits per heavy atom. The summed E-state index contributed by atoms with van der Waals surface area (Å²) >= 11 is 3.40. The van der Waals surface area contributed by atoms with Crippen molar-refractivity contribution >= 4 is 21.8 Å². The summed E-state index contributed by atoms with van der Waals surface area (Å²) in [5, 5.41) is 1.89. The molecular formula is C13H17BrN2O3. The van der Waals surface area contributed by atoms with E-state index in [1.807, 2.05) is 23.2 Å². The summed E-state index contributed by atoms with van der Waals surface area (Å²) < 4.78 is 11.4. The molecule has 0 atom stereocenters. The molecule has 1 N–H and O–H groups in total. The topological polar surface area (TPSA) is 50.8 Å². The van der Waals surface area contributed by atoms with Crippen molar-refractivity contribution in [3.63, 3.8) is 0 Å². The molecule has 1 aromatic rings. The van der Waals surface area contributed by atoms with Crippen LogP contribution in [0.3, 0.4) is 0 Å². The number of nitrogens with zero attached hydrogens (tertiary/aromatic N) is 1. The molecule has 0 aliphatic carbocycles. The first-order valence-corrected chi connectivity index (χ1v) is 6.93. The SMILES string of the molecule is COc1ccc(Br)cc1CC(=O)NN1CCOCC1. The minimum Gasteiger partial charge on any atom is -0.496 e. The van der Waals surface area contributed by atoms with E-state index < -0.39 is 0 Å². The number of hydrazine groups is 1. The average molecular weight is 329 g/mol. The third-order valence-electron chi connectivity index (χ3n) is 2.89. The molecule has 1 aliphatic rings. The summed E-state index contributed by atoms with van der Waals surface area (Å²) in [7, 11) is 1.60. The highest BCUT2D eigenvalue weighted by Gasteiger charge is 2.15. The number of methoxy groups -OCH3 is 1. The van der Waals surface area contributed by atoms with Crippen molar-refractivity contribution in [2.24, 2.45) is 0 Å². The number of amides is 1. The number of hydrogen-bond donors (Lipinski definition) is 1. The van der Waals surface area contributed by atoms with Crippen molar-refractivity contribution in [2.75, 3.05) is 33.4 Å². The molecule has 6 heteroatoms. The fourth-order valence-electron chi connectivity index (χ4n) is 1.95. The number of morpholine rings is 1. The molecule has 0 bridgehead atoms. The van der Waals surface area contributed by atoms with Gasteiger partial charge in [-0.05, 0) is 18.2 Å². The molecule has 0 unspecified atom stereocenters. The van der Waals surface area contributed by atoms with Gasteiger partial charge in [-0.3, -0.25) is 10.2 Å². The molecule has 0 spiro atoms. The zero-order valence-corrected chi connectivity index (χ0v) is 12.4. The number of halogens is 1. The number of benzene rings is 1. The molecule has 5 nitrogen and oxygen atoms in total. The van der Waals surface area contributed by atoms with E-state index in [9.17, 15) is 4.79 Å². The number of hydrogen-bond acceptors (Lipinski definition) is 4. The molecule has 19 heavy (non-hydrogen) atoms. The molecule has 1 heterocycles. The second-order valence-electron chi connectivity index (χ2n) is 4.27. The highest BCUT2D eigenvalue weighted by atomic mass is 79.9. The normalized spacial score (nSPS) is 16.1. The molecule has 0 aromatic heterocycles. The predicted octanol–water partition coefficient (Wildman–Crippen LogP) is 1.36. The fourth-order valence-corrected chi connectivity index (χ4v) is 2.36. The van der Waals surface area contributed by atoms with E-state index in [1.165, 1.54) is 0 Å². The van der Waals surface area contributed by atoms with Crippen molar-refractivity contribution in [3.05, 3.63) is 28.2 Å². The minimum atomic E-state index is -0.0432. The van der Waals surface area contributed by atoms with Gasteiger partial charge < -0.3 is 9.47 Å². The summed E-state index contributed by atoms with van der Waals surface area (Å²) in [5.41, 5.74) is 3.75. The van der Waals surface area contributed by atoms with E-state index in [0.29, 0.717) is 19.6 Å². The second kappa shape index (κ2) is 6.88. The second-order valence-corrected chi connectivity index (χ2v) is 5.18. The lowest BCUT2D eigenvalue weighted by Gasteiger charge is -2.27. The summed E-state index contributed by atoms with van der Waals surface area (Å²) in [4.78, 5) is 12.0. The lowest BCUT2D eigenvalue weighted by atomic mass is 10.1. The molecule has 104 valence electrons. The van der Waals surface area contributed by atoms with Crippen LogP contribution >= 0.6 is 15.9 Å². The number of nitrogens with one attached hydrogen (secondary N) is 1. The number of carbonyl (C=O) groups is 1. The van der Waals surface area contributed by atoms with Gasteiger partial charge in [0.2, 0.25) is 5.91 Å². The van der Waals surface area contributed by atoms with Crippen LogP contribution < -0.4 is 10.2 Å². The van der Waals surface area contributed by atoms with Gasteiger partial charge in [0.15, 0.2) is 0 Å². The highest BCUT2D eigenvalue weighted by Crippen LogP contribution is 2.23. The molecule has 1 aliphatic heterocycles. The molecule has 0 radical (unpaired) electrons. The minimum absolute atomic E-state index is 0.0432. The van der Waals surface area contributed by atoms with Crippen LogP contribution in [0.2, 0.25) is 0 Å². The lowest BCUT2D eigenvalue weighted by Crippen LogP contribution is -2.48. The van der Waals surface area contributed by atoms with Crippen LogP contribution in [0, 0.1) is 0 Å². The Morgan fingerprint density at radius 2 is 2.21 bits per heavy atom. The largest absolute Gasteiger partial charge is 0.496 e. The number of ether oxygens (including phenoxy) is 2. The third kappa shape index (κ3) is 4.19. The van der Waals surface area contributed by atoms with Crippen molar-refractivity contribution in [1.29, 1.82) is 0 Å². The van der Waals surface area contributed by atoms with E-state index in [-0.39, 0.29) is 5.91 Å². The van der Waals surface area contributed by atoms with Crippen LogP contribution in [0.15, 0.2) is 22.7 Å². The Labute approximate surface area is 121 Å². The number of rotatable bonds is 4. The molecule has 2 rings (SSSR count). The van der Waals surface area contributed by atoms with Crippen molar-refractivity contribution in [3.8, 4) is 5.75 Å². The summed E-state index contributed by atoms with van der Waals surface area (Å²) in [5.74, 6) is 0.679. The van der Waals surface area contributed by atoms with Crippen LogP contribution in [0.4, 0.5) is 0 Å². The van der Waals surface area contributed by atoms with Gasteiger partial charge in [-0.1, -0.05) is 15.9 Å². The predicted molar refractivity (Wildman–Crippen MR) is 74.9 cm³/mol. The standard InChI is InChI=1S/C13H17BrN2O3/c1-18-12-3-2-11(14)8-10(12)9-13(17)15-16-4-6-19-7-5-16/h2-3,8H,4-7,9H2,1H3,(H,15,17). The van der Waals surface area contributed by atoms with Gasteiger partial charge >= 0.3 is 0 Å². The maximum Gasteiger partial charge on any atom is 0.238 e. The molecule has 1 aromatic carbocycles. The van der Waals surface area contributed by atoms with E-state index in [1.54, 1.807) is 7.11 Å². The molecule has 1 fully saturated rings.